The molecule has 1 nitrogen and oxygen atoms in total. The quantitative estimate of drug-likeness (QED) is 0.682. The van der Waals surface area contributed by atoms with Gasteiger partial charge in [0.25, 0.3) is 0 Å². The van der Waals surface area contributed by atoms with Crippen molar-refractivity contribution in [3.63, 3.8) is 0 Å². The number of aryl methyl sites for hydroxylation is 2. The van der Waals surface area contributed by atoms with Gasteiger partial charge >= 0.3 is 0 Å². The van der Waals surface area contributed by atoms with Gasteiger partial charge in [0.15, 0.2) is 5.78 Å². The van der Waals surface area contributed by atoms with Gasteiger partial charge in [-0.2, -0.15) is 0 Å². The Morgan fingerprint density at radius 3 is 2.55 bits per heavy atom. The number of ketones is 1. The van der Waals surface area contributed by atoms with Gasteiger partial charge in [-0.25, -0.2) is 0 Å². The average molecular weight is 268 g/mol. The number of hydrogen-bond acceptors (Lipinski definition) is 1. The Hall–Kier alpha value is -1.37. The maximum Gasteiger partial charge on any atom is 0.162 e. The van der Waals surface area contributed by atoms with Crippen molar-refractivity contribution in [2.45, 2.75) is 41.0 Å². The number of hydrogen-bond donors (Lipinski definition) is 0. The van der Waals surface area contributed by atoms with E-state index in [0.29, 0.717) is 17.6 Å². The summed E-state index contributed by atoms with van der Waals surface area (Å²) in [7, 11) is 0. The molecule has 0 N–H and O–H groups in total. The zero-order valence-corrected chi connectivity index (χ0v) is 13.2. The minimum absolute atomic E-state index is 0.187. The Labute approximate surface area is 122 Å². The summed E-state index contributed by atoms with van der Waals surface area (Å²) in [5, 5.41) is 0. The largest absolute Gasteiger partial charge is 0.294 e. The van der Waals surface area contributed by atoms with Gasteiger partial charge < -0.3 is 0 Å². The number of Topliss-reactive ketones (excluding diaryl/α,β-unsaturated/α-hetero) is 1. The van der Waals surface area contributed by atoms with Crippen LogP contribution in [0.3, 0.4) is 0 Å². The van der Waals surface area contributed by atoms with Crippen LogP contribution in [0.2, 0.25) is 0 Å². The van der Waals surface area contributed by atoms with Crippen LogP contribution >= 0.6 is 0 Å². The van der Waals surface area contributed by atoms with Gasteiger partial charge in [0.05, 0.1) is 0 Å². The van der Waals surface area contributed by atoms with E-state index < -0.39 is 0 Å². The molecule has 3 fully saturated rings. The Kier molecular flexibility index (Phi) is 2.93. The number of carbonyl (C=O) groups is 1. The minimum Gasteiger partial charge on any atom is -0.294 e. The Balaban J connectivity index is 2.04. The third-order valence-electron chi connectivity index (χ3n) is 5.76. The second-order valence-corrected chi connectivity index (χ2v) is 7.33. The van der Waals surface area contributed by atoms with Crippen LogP contribution in [0, 0.1) is 37.0 Å². The van der Waals surface area contributed by atoms with E-state index in [1.165, 1.54) is 23.1 Å². The van der Waals surface area contributed by atoms with Gasteiger partial charge in [-0.3, -0.25) is 4.79 Å². The first-order valence-corrected chi connectivity index (χ1v) is 7.65. The fourth-order valence-electron chi connectivity index (χ4n) is 4.28. The van der Waals surface area contributed by atoms with Crippen molar-refractivity contribution >= 4 is 11.9 Å². The normalized spacial score (nSPS) is 33.1. The van der Waals surface area contributed by atoms with Gasteiger partial charge in [-0.05, 0) is 60.3 Å². The number of rotatable bonds is 1. The fourth-order valence-corrected chi connectivity index (χ4v) is 4.28. The Morgan fingerprint density at radius 1 is 1.25 bits per heavy atom. The zero-order chi connectivity index (χ0) is 14.7. The molecular formula is C19H24O. The molecule has 4 rings (SSSR count). The van der Waals surface area contributed by atoms with E-state index in [1.54, 1.807) is 0 Å². The highest BCUT2D eigenvalue weighted by atomic mass is 16.1. The Bertz CT molecular complexity index is 606. The van der Waals surface area contributed by atoms with Crippen molar-refractivity contribution < 1.29 is 4.79 Å². The molecule has 1 aromatic carbocycles. The number of allylic oxidation sites excluding steroid dienone is 1. The zero-order valence-electron chi connectivity index (χ0n) is 13.2. The molecule has 3 aliphatic carbocycles. The van der Waals surface area contributed by atoms with Crippen molar-refractivity contribution in [1.82, 2.24) is 0 Å². The molecule has 20 heavy (non-hydrogen) atoms. The minimum atomic E-state index is 0.187. The Morgan fingerprint density at radius 2 is 1.95 bits per heavy atom. The van der Waals surface area contributed by atoms with E-state index in [-0.39, 0.29) is 11.3 Å². The van der Waals surface area contributed by atoms with E-state index in [9.17, 15) is 4.79 Å². The smallest absolute Gasteiger partial charge is 0.162 e. The molecule has 2 bridgehead atoms. The third-order valence-corrected chi connectivity index (χ3v) is 5.76. The molecule has 3 atom stereocenters. The van der Waals surface area contributed by atoms with Crippen LogP contribution < -0.4 is 0 Å². The first-order chi connectivity index (χ1) is 9.32. The number of fused-ring (bicyclic) bond motifs is 2. The van der Waals surface area contributed by atoms with Gasteiger partial charge in [0.2, 0.25) is 0 Å². The summed E-state index contributed by atoms with van der Waals surface area (Å²) < 4.78 is 0. The summed E-state index contributed by atoms with van der Waals surface area (Å²) in [6, 6.07) is 6.47. The van der Waals surface area contributed by atoms with Gasteiger partial charge in [-0.15, -0.1) is 0 Å². The van der Waals surface area contributed by atoms with E-state index >= 15 is 0 Å². The molecule has 0 aromatic heterocycles. The van der Waals surface area contributed by atoms with E-state index in [4.69, 9.17) is 0 Å². The van der Waals surface area contributed by atoms with Crippen molar-refractivity contribution in [2.24, 2.45) is 23.2 Å². The maximum absolute atomic E-state index is 12.6. The molecule has 0 aliphatic heterocycles. The molecular weight excluding hydrogens is 244 g/mol. The average Bonchev–Trinajstić information content (AvgIpc) is 2.36. The van der Waals surface area contributed by atoms with Gasteiger partial charge in [-0.1, -0.05) is 44.5 Å². The predicted molar refractivity (Wildman–Crippen MR) is 83.4 cm³/mol. The first kappa shape index (κ1) is 13.6. The van der Waals surface area contributed by atoms with E-state index in [0.717, 1.165) is 5.57 Å². The molecule has 1 heteroatoms. The highest BCUT2D eigenvalue weighted by Crippen LogP contribution is 2.62. The van der Waals surface area contributed by atoms with Gasteiger partial charge in [0, 0.05) is 5.92 Å². The van der Waals surface area contributed by atoms with Crippen LogP contribution in [0.25, 0.3) is 6.08 Å². The molecule has 0 radical (unpaired) electrons. The number of benzene rings is 1. The van der Waals surface area contributed by atoms with Crippen LogP contribution in [0.15, 0.2) is 23.8 Å². The van der Waals surface area contributed by atoms with Crippen LogP contribution in [0.5, 0.6) is 0 Å². The monoisotopic (exact) mass is 268 g/mol. The molecule has 3 aliphatic rings. The molecule has 1 aromatic rings. The third kappa shape index (κ3) is 1.79. The molecule has 3 unspecified atom stereocenters. The number of carbonyl (C=O) groups excluding carboxylic acids is 1. The second kappa shape index (κ2) is 4.31. The summed E-state index contributed by atoms with van der Waals surface area (Å²) in [6.45, 7) is 11.0. The lowest BCUT2D eigenvalue weighted by molar-refractivity contribution is -0.139. The van der Waals surface area contributed by atoms with Crippen LogP contribution in [-0.4, -0.2) is 5.78 Å². The van der Waals surface area contributed by atoms with Crippen LogP contribution in [0.4, 0.5) is 0 Å². The fraction of sp³-hybridized carbons (Fsp3) is 0.526. The lowest BCUT2D eigenvalue weighted by Gasteiger charge is -2.59. The lowest BCUT2D eigenvalue weighted by atomic mass is 9.44. The highest BCUT2D eigenvalue weighted by molar-refractivity contribution is 6.03. The highest BCUT2D eigenvalue weighted by Gasteiger charge is 2.58. The summed E-state index contributed by atoms with van der Waals surface area (Å²) >= 11 is 0. The van der Waals surface area contributed by atoms with Crippen molar-refractivity contribution in [1.29, 1.82) is 0 Å². The van der Waals surface area contributed by atoms with E-state index in [2.05, 4.69) is 58.9 Å². The van der Waals surface area contributed by atoms with Crippen LogP contribution in [-0.2, 0) is 4.79 Å². The van der Waals surface area contributed by atoms with Crippen molar-refractivity contribution in [3.05, 3.63) is 40.5 Å². The van der Waals surface area contributed by atoms with Crippen LogP contribution in [0.1, 0.15) is 43.9 Å². The van der Waals surface area contributed by atoms with E-state index in [1.807, 2.05) is 0 Å². The summed E-state index contributed by atoms with van der Waals surface area (Å²) in [5.41, 5.74) is 5.09. The molecule has 0 heterocycles. The SMILES string of the molecule is Cc1ccc(C=C2C(=O)C(C)C3CC2C3(C)C)c(C)c1. The maximum atomic E-state index is 12.6. The van der Waals surface area contributed by atoms with Crippen molar-refractivity contribution in [3.8, 4) is 0 Å². The standard InChI is InChI=1S/C19H24O/c1-11-6-7-14(12(2)8-11)9-15-17-10-16(19(17,4)5)13(3)18(15)20/h6-9,13,16-17H,10H2,1-5H3. The topological polar surface area (TPSA) is 17.1 Å². The molecule has 0 spiro atoms. The summed E-state index contributed by atoms with van der Waals surface area (Å²) in [6.07, 6.45) is 3.35. The summed E-state index contributed by atoms with van der Waals surface area (Å²) in [5.74, 6) is 1.60. The molecule has 3 saturated carbocycles. The predicted octanol–water partition coefficient (Wildman–Crippen LogP) is 4.57. The lowest BCUT2D eigenvalue weighted by Crippen LogP contribution is -2.56. The molecule has 0 amide bonds. The molecule has 0 saturated heterocycles. The second-order valence-electron chi connectivity index (χ2n) is 7.33. The summed E-state index contributed by atoms with van der Waals surface area (Å²) in [4.78, 5) is 12.6. The first-order valence-electron chi connectivity index (χ1n) is 7.65. The van der Waals surface area contributed by atoms with Gasteiger partial charge in [0.1, 0.15) is 0 Å². The molecule has 106 valence electrons. The van der Waals surface area contributed by atoms with Crippen molar-refractivity contribution in [2.75, 3.05) is 0 Å².